The van der Waals surface area contributed by atoms with Crippen LogP contribution in [0.1, 0.15) is 56.3 Å². The first-order chi connectivity index (χ1) is 18.0. The smallest absolute Gasteiger partial charge is 0.353 e. The predicted octanol–water partition coefficient (Wildman–Crippen LogP) is 6.79. The van der Waals surface area contributed by atoms with Gasteiger partial charge in [-0.1, -0.05) is 17.7 Å². The summed E-state index contributed by atoms with van der Waals surface area (Å²) in [6.45, 7) is 4.57. The first-order valence-electron chi connectivity index (χ1n) is 12.3. The molecule has 39 heavy (non-hydrogen) atoms. The first-order valence-corrected chi connectivity index (χ1v) is 12.3. The van der Waals surface area contributed by atoms with Crippen molar-refractivity contribution in [1.29, 1.82) is 0 Å². The lowest BCUT2D eigenvalue weighted by Crippen LogP contribution is -2.56. The van der Waals surface area contributed by atoms with Crippen molar-refractivity contribution in [3.63, 3.8) is 0 Å². The maximum atomic E-state index is 14.0. The summed E-state index contributed by atoms with van der Waals surface area (Å²) in [6.07, 6.45) is -3.37. The third kappa shape index (κ3) is 7.42. The van der Waals surface area contributed by atoms with Crippen LogP contribution in [0.25, 0.3) is 0 Å². The Morgan fingerprint density at radius 3 is 2.21 bits per heavy atom. The lowest BCUT2D eigenvalue weighted by Gasteiger charge is -2.44. The summed E-state index contributed by atoms with van der Waals surface area (Å²) in [4.78, 5) is 27.9. The van der Waals surface area contributed by atoms with Gasteiger partial charge in [-0.2, -0.15) is 26.3 Å². The quantitative estimate of drug-likeness (QED) is 0.412. The minimum atomic E-state index is -5.02. The Morgan fingerprint density at radius 1 is 1.08 bits per heavy atom. The number of likely N-dealkylation sites (tertiary alicyclic amines) is 1. The van der Waals surface area contributed by atoms with Crippen molar-refractivity contribution in [3.05, 3.63) is 70.6 Å². The number of nitrogens with zero attached hydrogens (tertiary/aromatic N) is 2. The third-order valence-electron chi connectivity index (χ3n) is 7.02. The maximum absolute atomic E-state index is 14.0. The Labute approximate surface area is 222 Å². The van der Waals surface area contributed by atoms with Crippen LogP contribution in [0.3, 0.4) is 0 Å². The molecule has 1 aliphatic heterocycles. The van der Waals surface area contributed by atoms with E-state index in [1.807, 2.05) is 0 Å². The van der Waals surface area contributed by atoms with Gasteiger partial charge in [0.2, 0.25) is 5.91 Å². The van der Waals surface area contributed by atoms with E-state index >= 15 is 0 Å². The van der Waals surface area contributed by atoms with Gasteiger partial charge in [-0.15, -0.1) is 0 Å². The molecule has 1 aromatic carbocycles. The highest BCUT2D eigenvalue weighted by Crippen LogP contribution is 2.39. The molecule has 0 radical (unpaired) electrons. The van der Waals surface area contributed by atoms with Gasteiger partial charge in [0.15, 0.2) is 0 Å². The van der Waals surface area contributed by atoms with Crippen LogP contribution in [-0.4, -0.2) is 47.4 Å². The highest BCUT2D eigenvalue weighted by molar-refractivity contribution is 5.76. The van der Waals surface area contributed by atoms with Crippen LogP contribution in [0.4, 0.5) is 35.5 Å². The SMILES string of the molecule is CC(=O)N[C@H]1CCN(C(=O)N(C)[C@H](C)c2cc(C(F)(F)F)cc(C(F)(F)F)c2)[C@@H](C2C=CC(F)=CC(C)=C2)C1. The maximum Gasteiger partial charge on any atom is 0.416 e. The summed E-state index contributed by atoms with van der Waals surface area (Å²) in [5.41, 5.74) is -2.64. The molecule has 0 saturated carbocycles. The fourth-order valence-corrected chi connectivity index (χ4v) is 4.95. The fraction of sp³-hybridized carbons (Fsp3) is 0.481. The number of hydrogen-bond acceptors (Lipinski definition) is 2. The Kier molecular flexibility index (Phi) is 8.86. The number of alkyl halides is 6. The molecule has 0 spiro atoms. The minimum absolute atomic E-state index is 0.0428. The number of piperidine rings is 1. The van der Waals surface area contributed by atoms with Crippen LogP contribution in [0.5, 0.6) is 0 Å². The molecule has 1 unspecified atom stereocenters. The summed E-state index contributed by atoms with van der Waals surface area (Å²) < 4.78 is 94.4. The van der Waals surface area contributed by atoms with E-state index < -0.39 is 53.3 Å². The van der Waals surface area contributed by atoms with Gasteiger partial charge in [0.25, 0.3) is 0 Å². The lowest BCUT2D eigenvalue weighted by molar-refractivity contribution is -0.143. The van der Waals surface area contributed by atoms with Crippen molar-refractivity contribution < 1.29 is 40.3 Å². The average Bonchev–Trinajstić information content (AvgIpc) is 3.00. The summed E-state index contributed by atoms with van der Waals surface area (Å²) in [5, 5.41) is 2.83. The topological polar surface area (TPSA) is 52.7 Å². The van der Waals surface area contributed by atoms with E-state index in [-0.39, 0.29) is 30.1 Å². The monoisotopic (exact) mass is 561 g/mol. The fourth-order valence-electron chi connectivity index (χ4n) is 4.95. The number of hydrogen-bond donors (Lipinski definition) is 1. The molecule has 214 valence electrons. The molecular formula is C27H30F7N3O2. The molecule has 1 N–H and O–H groups in total. The second-order valence-electron chi connectivity index (χ2n) is 9.97. The normalized spacial score (nSPS) is 22.9. The van der Waals surface area contributed by atoms with Gasteiger partial charge in [-0.3, -0.25) is 4.79 Å². The molecule has 1 aromatic rings. The zero-order valence-electron chi connectivity index (χ0n) is 21.8. The molecule has 2 aliphatic rings. The first kappa shape index (κ1) is 30.2. The van der Waals surface area contributed by atoms with Crippen LogP contribution in [0.15, 0.2) is 53.9 Å². The van der Waals surface area contributed by atoms with Gasteiger partial charge < -0.3 is 15.1 Å². The summed E-state index contributed by atoms with van der Waals surface area (Å²) >= 11 is 0. The number of urea groups is 1. The van der Waals surface area contributed by atoms with E-state index in [0.717, 1.165) is 4.90 Å². The van der Waals surface area contributed by atoms with Crippen molar-refractivity contribution in [2.75, 3.05) is 13.6 Å². The highest BCUT2D eigenvalue weighted by atomic mass is 19.4. The minimum Gasteiger partial charge on any atom is -0.353 e. The van der Waals surface area contributed by atoms with Crippen LogP contribution >= 0.6 is 0 Å². The largest absolute Gasteiger partial charge is 0.416 e. The molecule has 1 heterocycles. The number of nitrogens with one attached hydrogen (secondary N) is 1. The molecule has 12 heteroatoms. The van der Waals surface area contributed by atoms with E-state index in [4.69, 9.17) is 0 Å². The van der Waals surface area contributed by atoms with Gasteiger partial charge in [-0.25, -0.2) is 9.18 Å². The van der Waals surface area contributed by atoms with E-state index in [2.05, 4.69) is 5.32 Å². The van der Waals surface area contributed by atoms with Crippen LogP contribution in [0, 0.1) is 5.92 Å². The molecule has 4 atom stereocenters. The van der Waals surface area contributed by atoms with Gasteiger partial charge in [-0.05, 0) is 62.6 Å². The number of rotatable bonds is 4. The Balaban J connectivity index is 1.95. The van der Waals surface area contributed by atoms with E-state index in [1.54, 1.807) is 19.1 Å². The molecule has 1 aliphatic carbocycles. The molecule has 1 saturated heterocycles. The van der Waals surface area contributed by atoms with Gasteiger partial charge >= 0.3 is 18.4 Å². The Hall–Kier alpha value is -3.31. The molecule has 3 rings (SSSR count). The van der Waals surface area contributed by atoms with Crippen molar-refractivity contribution in [1.82, 2.24) is 15.1 Å². The molecule has 5 nitrogen and oxygen atoms in total. The molecule has 0 aromatic heterocycles. The molecule has 3 amide bonds. The molecular weight excluding hydrogens is 531 g/mol. The predicted molar refractivity (Wildman–Crippen MR) is 131 cm³/mol. The van der Waals surface area contributed by atoms with Gasteiger partial charge in [0, 0.05) is 38.5 Å². The Bertz CT molecular complexity index is 1150. The van der Waals surface area contributed by atoms with E-state index in [1.165, 1.54) is 37.9 Å². The standard InChI is InChI=1S/C27H30F7N3O2/c1-15-9-18(5-6-22(28)10-15)24-14-23(35-17(3)38)7-8-37(24)25(39)36(4)16(2)19-11-20(26(29,30)31)13-21(12-19)27(32,33)34/h5-6,9-13,16,18,23-24H,7-8,14H2,1-4H3,(H,35,38)/t16-,18?,23+,24-/m1/s1. The van der Waals surface area contributed by atoms with E-state index in [0.29, 0.717) is 30.5 Å². The second-order valence-corrected chi connectivity index (χ2v) is 9.97. The zero-order valence-corrected chi connectivity index (χ0v) is 21.8. The number of halogens is 7. The van der Waals surface area contributed by atoms with Crippen molar-refractivity contribution in [2.45, 2.75) is 64.1 Å². The Morgan fingerprint density at radius 2 is 1.67 bits per heavy atom. The second kappa shape index (κ2) is 11.4. The van der Waals surface area contributed by atoms with Crippen molar-refractivity contribution >= 4 is 11.9 Å². The van der Waals surface area contributed by atoms with E-state index in [9.17, 15) is 40.3 Å². The van der Waals surface area contributed by atoms with Crippen LogP contribution in [-0.2, 0) is 17.1 Å². The van der Waals surface area contributed by atoms with Crippen molar-refractivity contribution in [2.24, 2.45) is 5.92 Å². The number of carbonyl (C=O) groups is 2. The number of allylic oxidation sites excluding steroid dienone is 4. The third-order valence-corrected chi connectivity index (χ3v) is 7.02. The molecule has 1 fully saturated rings. The van der Waals surface area contributed by atoms with Crippen LogP contribution in [0.2, 0.25) is 0 Å². The number of benzene rings is 1. The number of amides is 3. The highest BCUT2D eigenvalue weighted by Gasteiger charge is 2.40. The summed E-state index contributed by atoms with van der Waals surface area (Å²) in [7, 11) is 1.31. The molecule has 0 bridgehead atoms. The van der Waals surface area contributed by atoms with Gasteiger partial charge in [0.05, 0.1) is 17.2 Å². The van der Waals surface area contributed by atoms with Gasteiger partial charge in [0.1, 0.15) is 5.83 Å². The average molecular weight is 562 g/mol. The summed E-state index contributed by atoms with van der Waals surface area (Å²) in [5.74, 6) is -1.19. The summed E-state index contributed by atoms with van der Waals surface area (Å²) in [6, 6.07) is -1.33. The number of carbonyl (C=O) groups excluding carboxylic acids is 2. The van der Waals surface area contributed by atoms with Crippen molar-refractivity contribution in [3.8, 4) is 0 Å². The zero-order chi connectivity index (χ0) is 29.3. The van der Waals surface area contributed by atoms with Crippen LogP contribution < -0.4 is 5.32 Å². The lowest BCUT2D eigenvalue weighted by atomic mass is 9.86.